The Morgan fingerprint density at radius 1 is 1.25 bits per heavy atom. The molecule has 1 heterocycles. The van der Waals surface area contributed by atoms with Crippen LogP contribution in [0.3, 0.4) is 0 Å². The second kappa shape index (κ2) is 9.47. The van der Waals surface area contributed by atoms with Crippen LogP contribution in [0.15, 0.2) is 48.2 Å². The van der Waals surface area contributed by atoms with Crippen LogP contribution in [-0.4, -0.2) is 72.8 Å². The fraction of sp³-hybridized carbons (Fsp3) is 0.353. The third-order valence-electron chi connectivity index (χ3n) is 4.19. The van der Waals surface area contributed by atoms with Crippen molar-refractivity contribution in [2.75, 3.05) is 20.1 Å². The molecule has 0 aromatic heterocycles. The summed E-state index contributed by atoms with van der Waals surface area (Å²) in [6.07, 6.45) is 2.18. The lowest BCUT2D eigenvalue weighted by Gasteiger charge is -2.26. The third kappa shape index (κ3) is 4.96. The average Bonchev–Trinajstić information content (AvgIpc) is 3.03. The van der Waals surface area contributed by atoms with Crippen LogP contribution >= 0.6 is 11.6 Å². The number of sulfonamides is 1. The molecule has 10 nitrogen and oxygen atoms in total. The Bertz CT molecular complexity index is 1200. The number of nitrogens with zero attached hydrogens (tertiary/aromatic N) is 8. The zero-order valence-corrected chi connectivity index (χ0v) is 18.5. The zero-order chi connectivity index (χ0) is 24.3. The number of rotatable bonds is 5. The zero-order valence-electron chi connectivity index (χ0n) is 16.9. The normalized spacial score (nSPS) is 20.8. The quantitative estimate of drug-likeness (QED) is 0.333. The molecule has 0 spiro atoms. The molecule has 0 unspecified atom stereocenters. The molecule has 0 aromatic carbocycles. The summed E-state index contributed by atoms with van der Waals surface area (Å²) >= 11 is 6.24. The molecular formula is C17H15ClF3N8O2S-. The SMILES string of the molecule is CCN(CC)C1=C/C(=N\S(=O)(=O)C(F)(F)F)C(=NN=C2N=C(C#N)C(=C=[N-])N2C)C=C1Cl. The maximum Gasteiger partial charge on any atom is 0.518 e. The molecule has 1 aliphatic carbocycles. The molecule has 0 aromatic rings. The van der Waals surface area contributed by atoms with Crippen molar-refractivity contribution in [2.24, 2.45) is 19.6 Å². The summed E-state index contributed by atoms with van der Waals surface area (Å²) in [6, 6.07) is 1.70. The van der Waals surface area contributed by atoms with Crippen LogP contribution in [-0.2, 0) is 10.0 Å². The van der Waals surface area contributed by atoms with E-state index in [1.54, 1.807) is 30.7 Å². The molecule has 2 aliphatic rings. The minimum absolute atomic E-state index is 0.0706. The Balaban J connectivity index is 2.66. The topological polar surface area (TPSA) is 136 Å². The Labute approximate surface area is 186 Å². The minimum Gasteiger partial charge on any atom is -0.761 e. The number of alkyl halides is 3. The van der Waals surface area contributed by atoms with Crippen LogP contribution in [0.4, 0.5) is 13.2 Å². The number of guanidine groups is 1. The molecule has 0 saturated carbocycles. The number of aliphatic imine (C=N–C) groups is 1. The van der Waals surface area contributed by atoms with E-state index in [-0.39, 0.29) is 28.1 Å². The van der Waals surface area contributed by atoms with Gasteiger partial charge in [0.05, 0.1) is 10.7 Å². The van der Waals surface area contributed by atoms with E-state index in [0.717, 1.165) is 17.1 Å². The highest BCUT2D eigenvalue weighted by Gasteiger charge is 2.46. The predicted octanol–water partition coefficient (Wildman–Crippen LogP) is 2.38. The van der Waals surface area contributed by atoms with Crippen molar-refractivity contribution in [2.45, 2.75) is 19.4 Å². The van der Waals surface area contributed by atoms with Crippen LogP contribution in [0.5, 0.6) is 0 Å². The highest BCUT2D eigenvalue weighted by Crippen LogP contribution is 2.28. The number of halogens is 4. The first kappa shape index (κ1) is 25.0. The van der Waals surface area contributed by atoms with Crippen molar-refractivity contribution in [1.82, 2.24) is 9.80 Å². The smallest absolute Gasteiger partial charge is 0.518 e. The number of nitriles is 1. The summed E-state index contributed by atoms with van der Waals surface area (Å²) in [7, 11) is -4.52. The summed E-state index contributed by atoms with van der Waals surface area (Å²) in [5.74, 6) is 1.55. The molecular weight excluding hydrogens is 473 g/mol. The van der Waals surface area contributed by atoms with E-state index >= 15 is 0 Å². The lowest BCUT2D eigenvalue weighted by atomic mass is 10.1. The maximum atomic E-state index is 12.9. The Morgan fingerprint density at radius 2 is 1.88 bits per heavy atom. The molecule has 170 valence electrons. The first-order valence-corrected chi connectivity index (χ1v) is 10.6. The monoisotopic (exact) mass is 487 g/mol. The summed E-state index contributed by atoms with van der Waals surface area (Å²) in [4.78, 5) is 6.62. The number of hydrogen-bond donors (Lipinski definition) is 0. The lowest BCUT2D eigenvalue weighted by Crippen LogP contribution is -2.29. The third-order valence-corrected chi connectivity index (χ3v) is 5.51. The molecule has 0 radical (unpaired) electrons. The highest BCUT2D eigenvalue weighted by molar-refractivity contribution is 7.91. The van der Waals surface area contributed by atoms with Gasteiger partial charge in [0.1, 0.15) is 23.2 Å². The average molecular weight is 488 g/mol. The van der Waals surface area contributed by atoms with Crippen LogP contribution in [0, 0.1) is 11.3 Å². The van der Waals surface area contributed by atoms with Gasteiger partial charge in [0.15, 0.2) is 5.71 Å². The maximum absolute atomic E-state index is 12.9. The fourth-order valence-corrected chi connectivity index (χ4v) is 3.35. The van der Waals surface area contributed by atoms with Gasteiger partial charge in [0, 0.05) is 20.1 Å². The fourth-order valence-electron chi connectivity index (χ4n) is 2.56. The molecule has 0 saturated heterocycles. The van der Waals surface area contributed by atoms with E-state index in [9.17, 15) is 21.6 Å². The van der Waals surface area contributed by atoms with E-state index in [1.165, 1.54) is 7.05 Å². The first-order chi connectivity index (χ1) is 14.9. The van der Waals surface area contributed by atoms with Crippen molar-refractivity contribution in [1.29, 1.82) is 5.26 Å². The molecule has 0 fully saturated rings. The van der Waals surface area contributed by atoms with E-state index in [0.29, 0.717) is 13.1 Å². The molecule has 15 heteroatoms. The molecule has 32 heavy (non-hydrogen) atoms. The van der Waals surface area contributed by atoms with Crippen molar-refractivity contribution >= 4 is 50.6 Å². The van der Waals surface area contributed by atoms with Gasteiger partial charge >= 0.3 is 15.5 Å². The lowest BCUT2D eigenvalue weighted by molar-refractivity contribution is -0.0435. The second-order valence-electron chi connectivity index (χ2n) is 6.07. The number of likely N-dealkylation sites (N-methyl/N-ethyl adjacent to an activating group) is 1. The van der Waals surface area contributed by atoms with Crippen molar-refractivity contribution < 1.29 is 21.6 Å². The van der Waals surface area contributed by atoms with Crippen molar-refractivity contribution in [3.8, 4) is 6.07 Å². The van der Waals surface area contributed by atoms with Crippen LogP contribution in [0.2, 0.25) is 0 Å². The van der Waals surface area contributed by atoms with Gasteiger partial charge in [-0.25, -0.2) is 5.87 Å². The molecule has 0 bridgehead atoms. The summed E-state index contributed by atoms with van der Waals surface area (Å²) in [5, 5.41) is 25.7. The van der Waals surface area contributed by atoms with Gasteiger partial charge in [-0.05, 0) is 26.0 Å². The van der Waals surface area contributed by atoms with Crippen molar-refractivity contribution in [3.63, 3.8) is 0 Å². The van der Waals surface area contributed by atoms with Gasteiger partial charge in [-0.2, -0.15) is 36.2 Å². The van der Waals surface area contributed by atoms with E-state index in [1.807, 2.05) is 0 Å². The highest BCUT2D eigenvalue weighted by atomic mass is 35.5. The van der Waals surface area contributed by atoms with Gasteiger partial charge in [0.2, 0.25) is 0 Å². The number of allylic oxidation sites excluding steroid dienone is 4. The standard InChI is InChI=1S/C17H15ClF3N8O2S/c1-4-29(5-2)14-7-12(27-32(30,31)17(19,20)21)11(6-10(14)18)25-26-16-24-13(8-22)15(9-23)28(16)3/h6-7H,4-5H2,1-3H3/q-1/b25-11?,26-16?,27-12+. The van der Waals surface area contributed by atoms with E-state index in [2.05, 4.69) is 19.6 Å². The Kier molecular flexibility index (Phi) is 7.40. The molecule has 2 rings (SSSR count). The Hall–Kier alpha value is -3.27. The summed E-state index contributed by atoms with van der Waals surface area (Å²) in [5.41, 5.74) is -6.75. The van der Waals surface area contributed by atoms with E-state index in [4.69, 9.17) is 22.3 Å². The Morgan fingerprint density at radius 3 is 2.34 bits per heavy atom. The predicted molar refractivity (Wildman–Crippen MR) is 115 cm³/mol. The summed E-state index contributed by atoms with van der Waals surface area (Å²) in [6.45, 7) is 4.42. The van der Waals surface area contributed by atoms with Gasteiger partial charge in [0.25, 0.3) is 5.96 Å². The van der Waals surface area contributed by atoms with Crippen LogP contribution in [0.25, 0.3) is 5.41 Å². The number of hydrogen-bond acceptors (Lipinski definition) is 6. The largest absolute Gasteiger partial charge is 0.761 e. The summed E-state index contributed by atoms with van der Waals surface area (Å²) < 4.78 is 64.9. The van der Waals surface area contributed by atoms with Crippen LogP contribution in [0.1, 0.15) is 13.8 Å². The second-order valence-corrected chi connectivity index (χ2v) is 8.07. The van der Waals surface area contributed by atoms with Gasteiger partial charge < -0.3 is 15.2 Å². The van der Waals surface area contributed by atoms with Gasteiger partial charge in [-0.15, -0.1) is 10.2 Å². The van der Waals surface area contributed by atoms with E-state index < -0.39 is 27.0 Å². The molecule has 1 aliphatic heterocycles. The van der Waals surface area contributed by atoms with Gasteiger partial charge in [-0.1, -0.05) is 11.6 Å². The molecule has 0 amide bonds. The first-order valence-electron chi connectivity index (χ1n) is 8.81. The van der Waals surface area contributed by atoms with Gasteiger partial charge in [-0.3, -0.25) is 0 Å². The molecule has 0 atom stereocenters. The molecule has 0 N–H and O–H groups in total. The van der Waals surface area contributed by atoms with Crippen LogP contribution < -0.4 is 0 Å². The minimum atomic E-state index is -5.89. The van der Waals surface area contributed by atoms with Crippen molar-refractivity contribution in [3.05, 3.63) is 34.0 Å².